The van der Waals surface area contributed by atoms with Crippen LogP contribution < -0.4 is 4.90 Å². The minimum Gasteiger partial charge on any atom is -0.392 e. The molecule has 0 saturated carbocycles. The van der Waals surface area contributed by atoms with Crippen molar-refractivity contribution in [3.05, 3.63) is 99.0 Å². The number of amides is 2. The lowest BCUT2D eigenvalue weighted by Gasteiger charge is -2.55. The van der Waals surface area contributed by atoms with Crippen LogP contribution in [0.3, 0.4) is 0 Å². The summed E-state index contributed by atoms with van der Waals surface area (Å²) in [5, 5.41) is 12.0. The third kappa shape index (κ3) is 2.22. The average molecular weight is 464 g/mol. The molecule has 3 aromatic rings. The lowest BCUT2D eigenvalue weighted by atomic mass is 9.46. The van der Waals surface area contributed by atoms with Crippen LogP contribution in [0.15, 0.2) is 66.7 Å². The summed E-state index contributed by atoms with van der Waals surface area (Å²) in [6.45, 7) is 1.71. The Morgan fingerprint density at radius 3 is 2.06 bits per heavy atom. The van der Waals surface area contributed by atoms with Crippen molar-refractivity contribution in [1.29, 1.82) is 0 Å². The number of anilines is 1. The first-order valence-corrected chi connectivity index (χ1v) is 11.3. The average Bonchev–Trinajstić information content (AvgIpc) is 3.05. The third-order valence-corrected chi connectivity index (χ3v) is 8.03. The van der Waals surface area contributed by atoms with Gasteiger partial charge in [-0.2, -0.15) is 0 Å². The van der Waals surface area contributed by atoms with Crippen LogP contribution in [-0.2, 0) is 15.0 Å². The number of hydrogen-bond acceptors (Lipinski definition) is 3. The number of nitrogens with zero attached hydrogens (tertiary/aromatic N) is 1. The van der Waals surface area contributed by atoms with E-state index in [-0.39, 0.29) is 22.8 Å². The largest absolute Gasteiger partial charge is 0.392 e. The normalized spacial score (nSPS) is 28.4. The van der Waals surface area contributed by atoms with Gasteiger partial charge in [-0.05, 0) is 47.4 Å². The first-order chi connectivity index (χ1) is 15.4. The SMILES string of the molecule is C[C@@H](O)C12c3ccccc3C(c3ccccc31)[C@H]1C(=O)N(c3ccc(Cl)cc3Cl)C(=O)[C@@H]12. The summed E-state index contributed by atoms with van der Waals surface area (Å²) < 4.78 is 0. The Kier molecular flexibility index (Phi) is 4.17. The van der Waals surface area contributed by atoms with E-state index in [1.54, 1.807) is 19.1 Å². The van der Waals surface area contributed by atoms with E-state index in [2.05, 4.69) is 0 Å². The maximum absolute atomic E-state index is 14.0. The Morgan fingerprint density at radius 2 is 1.50 bits per heavy atom. The van der Waals surface area contributed by atoms with Crippen LogP contribution in [0.4, 0.5) is 5.69 Å². The van der Waals surface area contributed by atoms with Gasteiger partial charge in [0.2, 0.25) is 11.8 Å². The number of carbonyl (C=O) groups excluding carboxylic acids is 2. The van der Waals surface area contributed by atoms with Gasteiger partial charge in [-0.15, -0.1) is 0 Å². The molecule has 1 fully saturated rings. The minimum absolute atomic E-state index is 0.242. The Morgan fingerprint density at radius 1 is 0.906 bits per heavy atom. The fourth-order valence-electron chi connectivity index (χ4n) is 6.44. The van der Waals surface area contributed by atoms with Gasteiger partial charge in [0.25, 0.3) is 0 Å². The van der Waals surface area contributed by atoms with Gasteiger partial charge in [-0.1, -0.05) is 71.7 Å². The van der Waals surface area contributed by atoms with Crippen molar-refractivity contribution in [2.75, 3.05) is 4.90 Å². The number of aliphatic hydroxyl groups excluding tert-OH is 1. The number of imide groups is 1. The van der Waals surface area contributed by atoms with E-state index < -0.39 is 23.4 Å². The summed E-state index contributed by atoms with van der Waals surface area (Å²) in [5.41, 5.74) is 3.15. The highest BCUT2D eigenvalue weighted by atomic mass is 35.5. The van der Waals surface area contributed by atoms with Crippen LogP contribution in [0.1, 0.15) is 35.1 Å². The topological polar surface area (TPSA) is 57.6 Å². The smallest absolute Gasteiger partial charge is 0.239 e. The number of halogens is 2. The molecule has 4 aliphatic rings. The molecule has 1 N–H and O–H groups in total. The van der Waals surface area contributed by atoms with Gasteiger partial charge >= 0.3 is 0 Å². The number of carbonyl (C=O) groups is 2. The van der Waals surface area contributed by atoms with Gasteiger partial charge in [0, 0.05) is 10.9 Å². The van der Waals surface area contributed by atoms with Crippen molar-refractivity contribution in [2.24, 2.45) is 11.8 Å². The van der Waals surface area contributed by atoms with Gasteiger partial charge in [-0.3, -0.25) is 9.59 Å². The van der Waals surface area contributed by atoms with Crippen LogP contribution in [0.5, 0.6) is 0 Å². The second-order valence-electron chi connectivity index (χ2n) is 8.81. The van der Waals surface area contributed by atoms with Crippen LogP contribution in [0.25, 0.3) is 0 Å². The van der Waals surface area contributed by atoms with Gasteiger partial charge in [0.15, 0.2) is 0 Å². The van der Waals surface area contributed by atoms with Crippen molar-refractivity contribution < 1.29 is 14.7 Å². The summed E-state index contributed by atoms with van der Waals surface area (Å²) in [6.07, 6.45) is -0.893. The molecule has 4 nitrogen and oxygen atoms in total. The number of hydrogen-bond donors (Lipinski definition) is 1. The molecule has 0 radical (unpaired) electrons. The van der Waals surface area contributed by atoms with E-state index >= 15 is 0 Å². The Balaban J connectivity index is 1.66. The second kappa shape index (κ2) is 6.67. The highest BCUT2D eigenvalue weighted by molar-refractivity contribution is 6.38. The molecule has 0 aromatic heterocycles. The van der Waals surface area contributed by atoms with Crippen molar-refractivity contribution in [3.8, 4) is 0 Å². The van der Waals surface area contributed by atoms with Crippen molar-refractivity contribution >= 4 is 40.7 Å². The highest BCUT2D eigenvalue weighted by Gasteiger charge is 2.69. The summed E-state index contributed by atoms with van der Waals surface area (Å²) in [5.74, 6) is -2.23. The van der Waals surface area contributed by atoms with Crippen LogP contribution in [0.2, 0.25) is 10.0 Å². The first-order valence-electron chi connectivity index (χ1n) is 10.6. The lowest BCUT2D eigenvalue weighted by molar-refractivity contribution is -0.126. The maximum Gasteiger partial charge on any atom is 0.239 e. The molecule has 0 spiro atoms. The Labute approximate surface area is 195 Å². The molecule has 32 heavy (non-hydrogen) atoms. The highest BCUT2D eigenvalue weighted by Crippen LogP contribution is 2.65. The molecular formula is C26H19Cl2NO3. The molecule has 0 unspecified atom stereocenters. The number of rotatable bonds is 2. The summed E-state index contributed by atoms with van der Waals surface area (Å²) in [7, 11) is 0. The lowest BCUT2D eigenvalue weighted by Crippen LogP contribution is -2.58. The quantitative estimate of drug-likeness (QED) is 0.548. The monoisotopic (exact) mass is 463 g/mol. The van der Waals surface area contributed by atoms with E-state index in [1.165, 1.54) is 11.0 Å². The summed E-state index contributed by atoms with van der Waals surface area (Å²) in [4.78, 5) is 29.1. The van der Waals surface area contributed by atoms with Gasteiger partial charge in [-0.25, -0.2) is 4.90 Å². The number of aliphatic hydroxyl groups is 1. The fourth-order valence-corrected chi connectivity index (χ4v) is 6.93. The molecule has 6 heteroatoms. The minimum atomic E-state index is -1.02. The van der Waals surface area contributed by atoms with E-state index in [1.807, 2.05) is 48.5 Å². The molecule has 2 amide bonds. The molecule has 7 rings (SSSR count). The van der Waals surface area contributed by atoms with E-state index in [9.17, 15) is 14.7 Å². The fraction of sp³-hybridized carbons (Fsp3) is 0.231. The van der Waals surface area contributed by atoms with E-state index in [4.69, 9.17) is 23.2 Å². The van der Waals surface area contributed by atoms with Crippen molar-refractivity contribution in [1.82, 2.24) is 0 Å². The predicted molar refractivity (Wildman–Crippen MR) is 123 cm³/mol. The molecule has 3 aromatic carbocycles. The van der Waals surface area contributed by atoms with Crippen molar-refractivity contribution in [2.45, 2.75) is 24.4 Å². The second-order valence-corrected chi connectivity index (χ2v) is 9.65. The predicted octanol–water partition coefficient (Wildman–Crippen LogP) is 4.93. The van der Waals surface area contributed by atoms with Gasteiger partial charge in [0.05, 0.1) is 34.1 Å². The molecular weight excluding hydrogens is 445 g/mol. The Bertz CT molecular complexity index is 1270. The molecule has 1 saturated heterocycles. The molecule has 160 valence electrons. The molecule has 2 bridgehead atoms. The standard InChI is InChI=1S/C26H19Cl2NO3/c1-13(30)26-17-8-4-2-6-15(17)21(16-7-3-5-9-18(16)26)22-23(26)25(32)29(24(22)31)20-11-10-14(27)12-19(20)28/h2-13,21-23,30H,1H3/t13-,21?,22-,23-,26?/m1/s1. The molecule has 1 aliphatic heterocycles. The van der Waals surface area contributed by atoms with Crippen LogP contribution in [0, 0.1) is 11.8 Å². The molecule has 3 aliphatic carbocycles. The maximum atomic E-state index is 14.0. The third-order valence-electron chi connectivity index (χ3n) is 7.49. The van der Waals surface area contributed by atoms with E-state index in [0.29, 0.717) is 10.7 Å². The van der Waals surface area contributed by atoms with E-state index in [0.717, 1.165) is 22.3 Å². The zero-order valence-electron chi connectivity index (χ0n) is 17.1. The zero-order chi connectivity index (χ0) is 22.4. The van der Waals surface area contributed by atoms with Gasteiger partial charge in [0.1, 0.15) is 0 Å². The van der Waals surface area contributed by atoms with Crippen LogP contribution >= 0.6 is 23.2 Å². The first kappa shape index (κ1) is 20.0. The summed E-state index contributed by atoms with van der Waals surface area (Å²) >= 11 is 12.5. The summed E-state index contributed by atoms with van der Waals surface area (Å²) in [6, 6.07) is 20.5. The molecule has 1 heterocycles. The van der Waals surface area contributed by atoms with Gasteiger partial charge < -0.3 is 5.11 Å². The van der Waals surface area contributed by atoms with Crippen molar-refractivity contribution in [3.63, 3.8) is 0 Å². The zero-order valence-corrected chi connectivity index (χ0v) is 18.6. The number of benzene rings is 3. The van der Waals surface area contributed by atoms with Crippen LogP contribution in [-0.4, -0.2) is 23.0 Å². The Hall–Kier alpha value is -2.66. The molecule has 3 atom stereocenters.